The van der Waals surface area contributed by atoms with Gasteiger partial charge >= 0.3 is 0 Å². The summed E-state index contributed by atoms with van der Waals surface area (Å²) in [7, 11) is 4.79. The van der Waals surface area contributed by atoms with Gasteiger partial charge in [-0.05, 0) is 62.5 Å². The predicted molar refractivity (Wildman–Crippen MR) is 121 cm³/mol. The maximum absolute atomic E-state index is 13.1. The second kappa shape index (κ2) is 9.73. The summed E-state index contributed by atoms with van der Waals surface area (Å²) in [4.78, 5) is 15.2. The minimum atomic E-state index is -0.210. The maximum Gasteiger partial charge on any atom is 0.225 e. The molecule has 1 aliphatic carbocycles. The van der Waals surface area contributed by atoms with Gasteiger partial charge in [0.15, 0.2) is 16.6 Å². The minimum absolute atomic E-state index is 0.0372. The smallest absolute Gasteiger partial charge is 0.225 e. The van der Waals surface area contributed by atoms with Gasteiger partial charge in [-0.3, -0.25) is 4.79 Å². The van der Waals surface area contributed by atoms with Crippen LogP contribution in [-0.4, -0.2) is 62.9 Å². The van der Waals surface area contributed by atoms with Crippen molar-refractivity contribution in [2.75, 3.05) is 41.0 Å². The Morgan fingerprint density at radius 1 is 1.13 bits per heavy atom. The lowest BCUT2D eigenvalue weighted by atomic mass is 9.88. The Kier molecular flexibility index (Phi) is 7.28. The van der Waals surface area contributed by atoms with Crippen LogP contribution < -0.4 is 24.8 Å². The lowest BCUT2D eigenvalue weighted by molar-refractivity contribution is -0.125. The molecule has 2 atom stereocenters. The van der Waals surface area contributed by atoms with Gasteiger partial charge in [0.1, 0.15) is 0 Å². The van der Waals surface area contributed by atoms with Crippen LogP contribution in [0.2, 0.25) is 0 Å². The van der Waals surface area contributed by atoms with Gasteiger partial charge in [-0.2, -0.15) is 0 Å². The van der Waals surface area contributed by atoms with Gasteiger partial charge in [0.2, 0.25) is 11.7 Å². The van der Waals surface area contributed by atoms with Gasteiger partial charge in [0.05, 0.1) is 27.2 Å². The van der Waals surface area contributed by atoms with E-state index in [9.17, 15) is 4.79 Å². The van der Waals surface area contributed by atoms with E-state index in [1.54, 1.807) is 21.3 Å². The van der Waals surface area contributed by atoms with Crippen molar-refractivity contribution in [1.82, 2.24) is 15.5 Å². The molecule has 0 unspecified atom stereocenters. The highest BCUT2D eigenvalue weighted by Crippen LogP contribution is 2.43. The Labute approximate surface area is 184 Å². The number of amides is 1. The molecule has 1 aromatic rings. The second-order valence-corrected chi connectivity index (χ2v) is 8.76. The Balaban J connectivity index is 1.89. The van der Waals surface area contributed by atoms with Gasteiger partial charge in [0.25, 0.3) is 0 Å². The number of likely N-dealkylation sites (tertiary alicyclic amines) is 1. The van der Waals surface area contributed by atoms with E-state index in [-0.39, 0.29) is 23.8 Å². The molecule has 166 valence electrons. The Bertz CT molecular complexity index is 757. The van der Waals surface area contributed by atoms with Crippen molar-refractivity contribution < 1.29 is 19.0 Å². The summed E-state index contributed by atoms with van der Waals surface area (Å²) < 4.78 is 16.5. The number of nitrogens with zero attached hydrogens (tertiary/aromatic N) is 1. The van der Waals surface area contributed by atoms with E-state index in [4.69, 9.17) is 26.4 Å². The van der Waals surface area contributed by atoms with E-state index in [0.717, 1.165) is 12.1 Å². The summed E-state index contributed by atoms with van der Waals surface area (Å²) >= 11 is 5.60. The molecule has 1 aromatic carbocycles. The van der Waals surface area contributed by atoms with E-state index in [0.29, 0.717) is 41.4 Å². The molecule has 2 N–H and O–H groups in total. The molecule has 0 aromatic heterocycles. The van der Waals surface area contributed by atoms with E-state index in [2.05, 4.69) is 29.4 Å². The molecule has 1 saturated heterocycles. The van der Waals surface area contributed by atoms with Gasteiger partial charge in [-0.15, -0.1) is 0 Å². The Hall–Kier alpha value is -2.22. The average Bonchev–Trinajstić information content (AvgIpc) is 3.45. The van der Waals surface area contributed by atoms with Crippen molar-refractivity contribution in [2.24, 2.45) is 11.8 Å². The van der Waals surface area contributed by atoms with E-state index < -0.39 is 0 Å². The normalized spacial score (nSPS) is 20.8. The monoisotopic (exact) mass is 435 g/mol. The topological polar surface area (TPSA) is 72.1 Å². The van der Waals surface area contributed by atoms with E-state index >= 15 is 0 Å². The van der Waals surface area contributed by atoms with Crippen LogP contribution in [0.3, 0.4) is 0 Å². The third-order valence-corrected chi connectivity index (χ3v) is 6.11. The number of rotatable bonds is 8. The molecule has 30 heavy (non-hydrogen) atoms. The zero-order valence-electron chi connectivity index (χ0n) is 18.5. The van der Waals surface area contributed by atoms with E-state index in [1.165, 1.54) is 12.8 Å². The van der Waals surface area contributed by atoms with Crippen molar-refractivity contribution in [3.05, 3.63) is 17.7 Å². The summed E-state index contributed by atoms with van der Waals surface area (Å²) in [5.41, 5.74) is 0.978. The largest absolute Gasteiger partial charge is 0.493 e. The molecular weight excluding hydrogens is 402 g/mol. The first kappa shape index (κ1) is 22.5. The lowest BCUT2D eigenvalue weighted by Gasteiger charge is -2.22. The van der Waals surface area contributed by atoms with Crippen LogP contribution in [0.5, 0.6) is 17.2 Å². The number of nitrogens with one attached hydrogen (secondary N) is 2. The number of methoxy groups -OCH3 is 3. The van der Waals surface area contributed by atoms with Crippen LogP contribution in [0.15, 0.2) is 12.1 Å². The van der Waals surface area contributed by atoms with Crippen LogP contribution in [0.25, 0.3) is 0 Å². The van der Waals surface area contributed by atoms with E-state index in [1.807, 2.05) is 12.1 Å². The van der Waals surface area contributed by atoms with Crippen LogP contribution in [0.1, 0.15) is 38.2 Å². The number of ether oxygens (including phenoxy) is 3. The number of carbonyl (C=O) groups is 1. The van der Waals surface area contributed by atoms with Crippen LogP contribution in [0, 0.1) is 11.8 Å². The van der Waals surface area contributed by atoms with Crippen molar-refractivity contribution >= 4 is 23.2 Å². The van der Waals surface area contributed by atoms with Crippen LogP contribution in [0.4, 0.5) is 0 Å². The SMILES string of the molecule is COc1cc([C@@H]2CN(C(=S)NC(C)C)C[C@H]2C(=O)NCC2CC2)cc(OC)c1OC. The number of carbonyl (C=O) groups excluding carboxylic acids is 1. The summed E-state index contributed by atoms with van der Waals surface area (Å²) in [6.07, 6.45) is 2.41. The molecule has 1 saturated carbocycles. The van der Waals surface area contributed by atoms with Crippen LogP contribution >= 0.6 is 12.2 Å². The fourth-order valence-corrected chi connectivity index (χ4v) is 4.31. The Morgan fingerprint density at radius 3 is 2.27 bits per heavy atom. The molecule has 1 aliphatic heterocycles. The summed E-state index contributed by atoms with van der Waals surface area (Å²) in [6, 6.07) is 4.12. The molecule has 1 heterocycles. The van der Waals surface area contributed by atoms with Gasteiger partial charge in [-0.1, -0.05) is 0 Å². The van der Waals surface area contributed by atoms with Crippen molar-refractivity contribution in [2.45, 2.75) is 38.6 Å². The quantitative estimate of drug-likeness (QED) is 0.608. The highest BCUT2D eigenvalue weighted by Gasteiger charge is 2.40. The third-order valence-electron chi connectivity index (χ3n) is 5.73. The second-order valence-electron chi connectivity index (χ2n) is 8.37. The minimum Gasteiger partial charge on any atom is -0.493 e. The van der Waals surface area contributed by atoms with Crippen molar-refractivity contribution in [1.29, 1.82) is 0 Å². The fourth-order valence-electron chi connectivity index (χ4n) is 3.92. The maximum atomic E-state index is 13.1. The van der Waals surface area contributed by atoms with Crippen LogP contribution in [-0.2, 0) is 4.79 Å². The summed E-state index contributed by atoms with van der Waals surface area (Å²) in [5, 5.41) is 7.13. The zero-order valence-corrected chi connectivity index (χ0v) is 19.3. The molecule has 0 spiro atoms. The standard InChI is InChI=1S/C22H33N3O4S/c1-13(2)24-22(30)25-11-16(17(12-25)21(26)23-10-14-6-7-14)15-8-18(27-3)20(29-5)19(9-15)28-4/h8-9,13-14,16-17H,6-7,10-12H2,1-5H3,(H,23,26)(H,24,30)/t16-,17+/m0/s1. The molecule has 7 nitrogen and oxygen atoms in total. The summed E-state index contributed by atoms with van der Waals surface area (Å²) in [5.74, 6) is 2.19. The molecule has 2 aliphatic rings. The summed E-state index contributed by atoms with van der Waals surface area (Å²) in [6.45, 7) is 6.10. The molecule has 2 fully saturated rings. The van der Waals surface area contributed by atoms with Gasteiger partial charge in [0, 0.05) is 31.6 Å². The van der Waals surface area contributed by atoms with Crippen molar-refractivity contribution in [3.8, 4) is 17.2 Å². The first-order valence-electron chi connectivity index (χ1n) is 10.5. The number of benzene rings is 1. The third kappa shape index (κ3) is 5.09. The lowest BCUT2D eigenvalue weighted by Crippen LogP contribution is -2.42. The van der Waals surface area contributed by atoms with Crippen molar-refractivity contribution in [3.63, 3.8) is 0 Å². The molecule has 3 rings (SSSR count). The van der Waals surface area contributed by atoms with Gasteiger partial charge in [-0.25, -0.2) is 0 Å². The molecule has 0 bridgehead atoms. The molecule has 0 radical (unpaired) electrons. The average molecular weight is 436 g/mol. The number of thiocarbonyl (C=S) groups is 1. The highest BCUT2D eigenvalue weighted by molar-refractivity contribution is 7.80. The molecular formula is C22H33N3O4S. The molecule has 8 heteroatoms. The highest BCUT2D eigenvalue weighted by atomic mass is 32.1. The first-order valence-corrected chi connectivity index (χ1v) is 10.9. The predicted octanol–water partition coefficient (Wildman–Crippen LogP) is 2.54. The molecule has 1 amide bonds. The first-order chi connectivity index (χ1) is 14.4. The fraction of sp³-hybridized carbons (Fsp3) is 0.636. The Morgan fingerprint density at radius 2 is 1.77 bits per heavy atom. The number of hydrogen-bond acceptors (Lipinski definition) is 5. The number of hydrogen-bond donors (Lipinski definition) is 2. The van der Waals surface area contributed by atoms with Gasteiger partial charge < -0.3 is 29.7 Å². The zero-order chi connectivity index (χ0) is 21.8.